The van der Waals surface area contributed by atoms with E-state index in [9.17, 15) is 8.78 Å². The van der Waals surface area contributed by atoms with Gasteiger partial charge in [-0.2, -0.15) is 20.5 Å². The Hall–Kier alpha value is -1.90. The Morgan fingerprint density at radius 2 is 2.04 bits per heavy atom. The molecule has 1 aliphatic heterocycles. The first-order valence-corrected chi connectivity index (χ1v) is 9.34. The second-order valence-corrected chi connectivity index (χ2v) is 6.23. The van der Waals surface area contributed by atoms with Crippen LogP contribution in [0.2, 0.25) is 0 Å². The average molecular weight is 375 g/mol. The Labute approximate surface area is 150 Å². The van der Waals surface area contributed by atoms with E-state index in [1.807, 2.05) is 11.8 Å². The van der Waals surface area contributed by atoms with Gasteiger partial charge in [0, 0.05) is 31.8 Å². The molecule has 1 aromatic rings. The molecule has 0 atom stereocenters. The van der Waals surface area contributed by atoms with Crippen LogP contribution in [0, 0.1) is 0 Å². The summed E-state index contributed by atoms with van der Waals surface area (Å²) >= 11 is 1.82. The van der Waals surface area contributed by atoms with Gasteiger partial charge in [0.1, 0.15) is 5.75 Å². The Kier molecular flexibility index (Phi) is 7.90. The molecule has 0 spiro atoms. The van der Waals surface area contributed by atoms with Crippen LogP contribution in [-0.4, -0.2) is 45.0 Å². The van der Waals surface area contributed by atoms with E-state index in [1.54, 1.807) is 13.1 Å². The molecule has 0 bridgehead atoms. The van der Waals surface area contributed by atoms with E-state index in [1.165, 1.54) is 6.07 Å². The first kappa shape index (κ1) is 19.4. The number of alkyl halides is 2. The number of benzene rings is 1. The van der Waals surface area contributed by atoms with E-state index in [0.717, 1.165) is 25.1 Å². The monoisotopic (exact) mass is 375 g/mol. The van der Waals surface area contributed by atoms with Crippen LogP contribution in [0.15, 0.2) is 17.1 Å². The fourth-order valence-corrected chi connectivity index (χ4v) is 2.78. The largest absolute Gasteiger partial charge is 0.454 e. The second kappa shape index (κ2) is 10.2. The summed E-state index contributed by atoms with van der Waals surface area (Å²) in [6, 6.07) is 3.06. The third kappa shape index (κ3) is 6.15. The predicted octanol–water partition coefficient (Wildman–Crippen LogP) is 2.82. The zero-order valence-corrected chi connectivity index (χ0v) is 15.1. The number of halogens is 2. The van der Waals surface area contributed by atoms with E-state index >= 15 is 0 Å². The molecule has 1 aromatic carbocycles. The number of ether oxygens (including phenoxy) is 3. The molecule has 0 unspecified atom stereocenters. The lowest BCUT2D eigenvalue weighted by Gasteiger charge is -2.15. The number of hydrogen-bond acceptors (Lipinski definition) is 5. The fourth-order valence-electron chi connectivity index (χ4n) is 2.29. The molecule has 9 heteroatoms. The van der Waals surface area contributed by atoms with Gasteiger partial charge in [-0.3, -0.25) is 4.99 Å². The maximum absolute atomic E-state index is 12.6. The van der Waals surface area contributed by atoms with E-state index in [4.69, 9.17) is 9.47 Å². The van der Waals surface area contributed by atoms with Crippen molar-refractivity contribution >= 4 is 17.7 Å². The summed E-state index contributed by atoms with van der Waals surface area (Å²) in [5.74, 6) is 2.69. The van der Waals surface area contributed by atoms with Gasteiger partial charge in [-0.15, -0.1) is 0 Å². The van der Waals surface area contributed by atoms with Crippen molar-refractivity contribution in [3.8, 4) is 17.2 Å². The van der Waals surface area contributed by atoms with Gasteiger partial charge in [0.15, 0.2) is 17.5 Å². The molecule has 0 amide bonds. The lowest BCUT2D eigenvalue weighted by Crippen LogP contribution is -2.37. The molecule has 140 valence electrons. The highest BCUT2D eigenvalue weighted by Gasteiger charge is 2.20. The number of thioether (sulfide) groups is 1. The van der Waals surface area contributed by atoms with Crippen molar-refractivity contribution in [3.63, 3.8) is 0 Å². The molecule has 2 N–H and O–H groups in total. The van der Waals surface area contributed by atoms with Crippen LogP contribution in [0.25, 0.3) is 0 Å². The van der Waals surface area contributed by atoms with Gasteiger partial charge in [-0.05, 0) is 30.9 Å². The molecule has 6 nitrogen and oxygen atoms in total. The Morgan fingerprint density at radius 3 is 2.72 bits per heavy atom. The summed E-state index contributed by atoms with van der Waals surface area (Å²) in [6.45, 7) is -1.78. The number of guanidine groups is 1. The normalized spacial score (nSPS) is 13.2. The third-order valence-electron chi connectivity index (χ3n) is 3.51. The van der Waals surface area contributed by atoms with Gasteiger partial charge in [-0.1, -0.05) is 0 Å². The first-order chi connectivity index (χ1) is 12.1. The summed E-state index contributed by atoms with van der Waals surface area (Å²) < 4.78 is 40.4. The molecule has 0 saturated heterocycles. The first-order valence-electron chi connectivity index (χ1n) is 7.94. The van der Waals surface area contributed by atoms with Crippen LogP contribution in [-0.2, 0) is 6.54 Å². The zero-order chi connectivity index (χ0) is 18.1. The molecular formula is C16H23F2N3O3S. The van der Waals surface area contributed by atoms with Crippen molar-refractivity contribution in [2.45, 2.75) is 26.0 Å². The van der Waals surface area contributed by atoms with Crippen molar-refractivity contribution in [2.75, 3.05) is 32.4 Å². The molecule has 1 aliphatic rings. The second-order valence-electron chi connectivity index (χ2n) is 5.24. The molecular weight excluding hydrogens is 352 g/mol. The Morgan fingerprint density at radius 1 is 1.28 bits per heavy atom. The van der Waals surface area contributed by atoms with Gasteiger partial charge < -0.3 is 24.8 Å². The van der Waals surface area contributed by atoms with E-state index in [2.05, 4.69) is 26.6 Å². The molecule has 1 heterocycles. The number of hydrogen-bond donors (Lipinski definition) is 2. The van der Waals surface area contributed by atoms with Gasteiger partial charge in [0.25, 0.3) is 0 Å². The zero-order valence-electron chi connectivity index (χ0n) is 14.3. The fraction of sp³-hybridized carbons (Fsp3) is 0.562. The SMILES string of the molecule is CN=C(NCCCCSC)NCc1cc2c(cc1OC(F)F)OCO2. The summed E-state index contributed by atoms with van der Waals surface area (Å²) in [6.07, 6.45) is 4.24. The number of aliphatic imine (C=N–C) groups is 1. The number of nitrogens with zero attached hydrogens (tertiary/aromatic N) is 1. The predicted molar refractivity (Wildman–Crippen MR) is 95.0 cm³/mol. The number of rotatable bonds is 9. The van der Waals surface area contributed by atoms with Crippen LogP contribution in [0.4, 0.5) is 8.78 Å². The summed E-state index contributed by atoms with van der Waals surface area (Å²) in [7, 11) is 1.66. The average Bonchev–Trinajstić information content (AvgIpc) is 3.04. The van der Waals surface area contributed by atoms with Gasteiger partial charge in [0.05, 0.1) is 0 Å². The van der Waals surface area contributed by atoms with Gasteiger partial charge >= 0.3 is 6.61 Å². The minimum absolute atomic E-state index is 0.0576. The maximum atomic E-state index is 12.6. The van der Waals surface area contributed by atoms with Crippen LogP contribution < -0.4 is 24.8 Å². The molecule has 25 heavy (non-hydrogen) atoms. The maximum Gasteiger partial charge on any atom is 0.387 e. The van der Waals surface area contributed by atoms with Crippen molar-refractivity contribution in [1.29, 1.82) is 0 Å². The minimum atomic E-state index is -2.91. The smallest absolute Gasteiger partial charge is 0.387 e. The third-order valence-corrected chi connectivity index (χ3v) is 4.21. The van der Waals surface area contributed by atoms with Crippen molar-refractivity contribution in [2.24, 2.45) is 4.99 Å². The summed E-state index contributed by atoms with van der Waals surface area (Å²) in [5, 5.41) is 6.29. The summed E-state index contributed by atoms with van der Waals surface area (Å²) in [4.78, 5) is 4.13. The molecule has 0 radical (unpaired) electrons. The van der Waals surface area contributed by atoms with Gasteiger partial charge in [0.2, 0.25) is 6.79 Å². The highest BCUT2D eigenvalue weighted by Crippen LogP contribution is 2.38. The van der Waals surface area contributed by atoms with Crippen LogP contribution in [0.3, 0.4) is 0 Å². The van der Waals surface area contributed by atoms with E-state index < -0.39 is 6.61 Å². The molecule has 2 rings (SSSR count). The van der Waals surface area contributed by atoms with E-state index in [-0.39, 0.29) is 19.1 Å². The minimum Gasteiger partial charge on any atom is -0.454 e. The standard InChI is InChI=1S/C16H23F2N3O3S/c1-19-16(20-5-3-4-6-25-2)21-9-11-7-13-14(23-10-22-13)8-12(11)24-15(17)18/h7-8,15H,3-6,9-10H2,1-2H3,(H2,19,20,21). The van der Waals surface area contributed by atoms with Crippen LogP contribution >= 0.6 is 11.8 Å². The van der Waals surface area contributed by atoms with Crippen molar-refractivity contribution in [3.05, 3.63) is 17.7 Å². The Balaban J connectivity index is 1.94. The molecule has 0 aromatic heterocycles. The topological polar surface area (TPSA) is 64.1 Å². The lowest BCUT2D eigenvalue weighted by molar-refractivity contribution is -0.0505. The number of unbranched alkanes of at least 4 members (excludes halogenated alkanes) is 1. The lowest BCUT2D eigenvalue weighted by atomic mass is 10.1. The quantitative estimate of drug-likeness (QED) is 0.393. The number of fused-ring (bicyclic) bond motifs is 1. The van der Waals surface area contributed by atoms with Crippen molar-refractivity contribution in [1.82, 2.24) is 10.6 Å². The van der Waals surface area contributed by atoms with Crippen LogP contribution in [0.5, 0.6) is 17.2 Å². The van der Waals surface area contributed by atoms with E-state index in [0.29, 0.717) is 23.0 Å². The molecule has 0 fully saturated rings. The Bertz CT molecular complexity index is 588. The molecule has 0 saturated carbocycles. The highest BCUT2D eigenvalue weighted by atomic mass is 32.2. The van der Waals surface area contributed by atoms with Crippen LogP contribution in [0.1, 0.15) is 18.4 Å². The van der Waals surface area contributed by atoms with Crippen molar-refractivity contribution < 1.29 is 23.0 Å². The van der Waals surface area contributed by atoms with Gasteiger partial charge in [-0.25, -0.2) is 0 Å². The molecule has 0 aliphatic carbocycles. The highest BCUT2D eigenvalue weighted by molar-refractivity contribution is 7.98. The number of nitrogens with one attached hydrogen (secondary N) is 2. The summed E-state index contributed by atoms with van der Waals surface area (Å²) in [5.41, 5.74) is 0.537.